The quantitative estimate of drug-likeness (QED) is 0.434. The molecule has 4 heteroatoms. The number of allylic oxidation sites excluding steroid dienone is 1. The number of ketones is 1. The first-order valence-electron chi connectivity index (χ1n) is 4.19. The first kappa shape index (κ1) is 10.8. The van der Waals surface area contributed by atoms with Gasteiger partial charge in [-0.3, -0.25) is 4.79 Å². The van der Waals surface area contributed by atoms with E-state index in [4.69, 9.17) is 10.4 Å². The molecule has 0 aliphatic carbocycles. The SMILES string of the molecule is CC(=O)/C(C#N)=C/c1ccc(O)c(O)c1. The van der Waals surface area contributed by atoms with Crippen molar-refractivity contribution in [3.8, 4) is 17.6 Å². The minimum atomic E-state index is -0.343. The van der Waals surface area contributed by atoms with Crippen LogP contribution in [-0.2, 0) is 4.79 Å². The molecule has 4 nitrogen and oxygen atoms in total. The highest BCUT2D eigenvalue weighted by molar-refractivity contribution is 6.01. The Kier molecular flexibility index (Phi) is 3.09. The molecule has 0 aliphatic rings. The zero-order valence-corrected chi connectivity index (χ0v) is 8.06. The summed E-state index contributed by atoms with van der Waals surface area (Å²) in [5.41, 5.74) is 0.483. The molecular weight excluding hydrogens is 194 g/mol. The third kappa shape index (κ3) is 2.58. The minimum Gasteiger partial charge on any atom is -0.504 e. The second-order valence-electron chi connectivity index (χ2n) is 2.97. The summed E-state index contributed by atoms with van der Waals surface area (Å²) in [5, 5.41) is 26.8. The summed E-state index contributed by atoms with van der Waals surface area (Å²) in [6.45, 7) is 1.29. The summed E-state index contributed by atoms with van der Waals surface area (Å²) < 4.78 is 0. The molecule has 0 atom stereocenters. The van der Waals surface area contributed by atoms with Crippen LogP contribution in [0.15, 0.2) is 23.8 Å². The van der Waals surface area contributed by atoms with E-state index >= 15 is 0 Å². The summed E-state index contributed by atoms with van der Waals surface area (Å²) in [4.78, 5) is 10.9. The lowest BCUT2D eigenvalue weighted by atomic mass is 10.1. The fourth-order valence-corrected chi connectivity index (χ4v) is 1.01. The fraction of sp³-hybridized carbons (Fsp3) is 0.0909. The van der Waals surface area contributed by atoms with Crippen molar-refractivity contribution in [1.29, 1.82) is 5.26 Å². The second kappa shape index (κ2) is 4.29. The van der Waals surface area contributed by atoms with Crippen molar-refractivity contribution in [3.63, 3.8) is 0 Å². The van der Waals surface area contributed by atoms with Crippen LogP contribution < -0.4 is 0 Å². The average molecular weight is 203 g/mol. The number of phenolic OH excluding ortho intramolecular Hbond substituents is 2. The number of Topliss-reactive ketones (excluding diaryl/α,β-unsaturated/α-hetero) is 1. The molecule has 0 radical (unpaired) electrons. The van der Waals surface area contributed by atoms with Crippen molar-refractivity contribution < 1.29 is 15.0 Å². The van der Waals surface area contributed by atoms with Crippen molar-refractivity contribution >= 4 is 11.9 Å². The highest BCUT2D eigenvalue weighted by Crippen LogP contribution is 2.25. The van der Waals surface area contributed by atoms with Gasteiger partial charge in [0, 0.05) is 0 Å². The van der Waals surface area contributed by atoms with Crippen LogP contribution in [0, 0.1) is 11.3 Å². The van der Waals surface area contributed by atoms with Crippen LogP contribution in [0.1, 0.15) is 12.5 Å². The fourth-order valence-electron chi connectivity index (χ4n) is 1.01. The van der Waals surface area contributed by atoms with Crippen molar-refractivity contribution in [3.05, 3.63) is 29.3 Å². The lowest BCUT2D eigenvalue weighted by Crippen LogP contribution is -1.92. The molecule has 0 unspecified atom stereocenters. The van der Waals surface area contributed by atoms with Gasteiger partial charge in [-0.2, -0.15) is 5.26 Å². The number of nitriles is 1. The van der Waals surface area contributed by atoms with Crippen molar-refractivity contribution in [1.82, 2.24) is 0 Å². The largest absolute Gasteiger partial charge is 0.504 e. The van der Waals surface area contributed by atoms with E-state index in [1.54, 1.807) is 6.07 Å². The monoisotopic (exact) mass is 203 g/mol. The Morgan fingerprint density at radius 3 is 2.53 bits per heavy atom. The number of nitrogens with zero attached hydrogens (tertiary/aromatic N) is 1. The Labute approximate surface area is 86.7 Å². The molecule has 0 saturated carbocycles. The average Bonchev–Trinajstić information content (AvgIpc) is 2.19. The van der Waals surface area contributed by atoms with E-state index in [9.17, 15) is 9.90 Å². The maximum absolute atomic E-state index is 10.9. The van der Waals surface area contributed by atoms with E-state index in [1.807, 2.05) is 0 Å². The molecule has 0 amide bonds. The number of benzene rings is 1. The summed E-state index contributed by atoms with van der Waals surface area (Å²) in [5.74, 6) is -0.872. The van der Waals surface area contributed by atoms with E-state index in [1.165, 1.54) is 31.2 Å². The highest BCUT2D eigenvalue weighted by Gasteiger charge is 2.04. The Balaban J connectivity index is 3.14. The molecule has 0 saturated heterocycles. The van der Waals surface area contributed by atoms with Gasteiger partial charge in [-0.25, -0.2) is 0 Å². The number of hydrogen-bond donors (Lipinski definition) is 2. The number of carbonyl (C=O) groups excluding carboxylic acids is 1. The van der Waals surface area contributed by atoms with Gasteiger partial charge in [0.05, 0.1) is 5.57 Å². The summed E-state index contributed by atoms with van der Waals surface area (Å²) in [6, 6.07) is 5.81. The molecule has 0 heterocycles. The third-order valence-corrected chi connectivity index (χ3v) is 1.81. The number of carbonyl (C=O) groups is 1. The Morgan fingerprint density at radius 2 is 2.07 bits per heavy atom. The Bertz CT molecular complexity index is 469. The first-order chi connectivity index (χ1) is 7.04. The van der Waals surface area contributed by atoms with E-state index in [0.29, 0.717) is 5.56 Å². The van der Waals surface area contributed by atoms with Crippen LogP contribution in [-0.4, -0.2) is 16.0 Å². The van der Waals surface area contributed by atoms with Gasteiger partial charge in [-0.1, -0.05) is 6.07 Å². The highest BCUT2D eigenvalue weighted by atomic mass is 16.3. The standard InChI is InChI=1S/C11H9NO3/c1-7(13)9(6-12)4-8-2-3-10(14)11(15)5-8/h2-5,14-15H,1H3/b9-4+. The molecule has 15 heavy (non-hydrogen) atoms. The van der Waals surface area contributed by atoms with E-state index in [2.05, 4.69) is 0 Å². The molecule has 76 valence electrons. The van der Waals surface area contributed by atoms with Crippen LogP contribution >= 0.6 is 0 Å². The van der Waals surface area contributed by atoms with E-state index in [-0.39, 0.29) is 22.9 Å². The molecule has 0 fully saturated rings. The smallest absolute Gasteiger partial charge is 0.170 e. The molecule has 1 rings (SSSR count). The normalized spacial score (nSPS) is 10.8. The topological polar surface area (TPSA) is 81.3 Å². The lowest BCUT2D eigenvalue weighted by molar-refractivity contribution is -0.113. The first-order valence-corrected chi connectivity index (χ1v) is 4.19. The van der Waals surface area contributed by atoms with Crippen molar-refractivity contribution in [2.45, 2.75) is 6.92 Å². The number of aromatic hydroxyl groups is 2. The zero-order valence-electron chi connectivity index (χ0n) is 8.06. The maximum atomic E-state index is 10.9. The van der Waals surface area contributed by atoms with Gasteiger partial charge in [-0.15, -0.1) is 0 Å². The number of hydrogen-bond acceptors (Lipinski definition) is 4. The van der Waals surface area contributed by atoms with Gasteiger partial charge in [0.25, 0.3) is 0 Å². The molecule has 1 aromatic rings. The van der Waals surface area contributed by atoms with E-state index in [0.717, 1.165) is 0 Å². The summed E-state index contributed by atoms with van der Waals surface area (Å²) in [6.07, 6.45) is 1.35. The number of phenols is 2. The second-order valence-corrected chi connectivity index (χ2v) is 2.97. The predicted octanol–water partition coefficient (Wildman–Crippen LogP) is 1.59. The van der Waals surface area contributed by atoms with Crippen LogP contribution in [0.4, 0.5) is 0 Å². The molecular formula is C11H9NO3. The predicted molar refractivity (Wildman–Crippen MR) is 54.0 cm³/mol. The molecule has 0 aliphatic heterocycles. The van der Waals surface area contributed by atoms with Gasteiger partial charge in [0.15, 0.2) is 17.3 Å². The van der Waals surface area contributed by atoms with Crippen LogP contribution in [0.3, 0.4) is 0 Å². The summed E-state index contributed by atoms with van der Waals surface area (Å²) in [7, 11) is 0. The van der Waals surface area contributed by atoms with Crippen LogP contribution in [0.5, 0.6) is 11.5 Å². The van der Waals surface area contributed by atoms with Crippen LogP contribution in [0.2, 0.25) is 0 Å². The molecule has 0 bridgehead atoms. The lowest BCUT2D eigenvalue weighted by Gasteiger charge is -1.99. The summed E-state index contributed by atoms with van der Waals surface area (Å²) >= 11 is 0. The van der Waals surface area contributed by atoms with E-state index < -0.39 is 0 Å². The maximum Gasteiger partial charge on any atom is 0.170 e. The minimum absolute atomic E-state index is 0.0000831. The Morgan fingerprint density at radius 1 is 1.40 bits per heavy atom. The van der Waals surface area contributed by atoms with Gasteiger partial charge in [-0.05, 0) is 30.7 Å². The van der Waals surface area contributed by atoms with Crippen molar-refractivity contribution in [2.24, 2.45) is 0 Å². The molecule has 1 aromatic carbocycles. The Hall–Kier alpha value is -2.28. The number of rotatable bonds is 2. The van der Waals surface area contributed by atoms with Crippen LogP contribution in [0.25, 0.3) is 6.08 Å². The van der Waals surface area contributed by atoms with Crippen molar-refractivity contribution in [2.75, 3.05) is 0 Å². The van der Waals surface area contributed by atoms with Gasteiger partial charge in [0.2, 0.25) is 0 Å². The molecule has 0 spiro atoms. The van der Waals surface area contributed by atoms with Gasteiger partial charge in [0.1, 0.15) is 6.07 Å². The van der Waals surface area contributed by atoms with Gasteiger partial charge < -0.3 is 10.2 Å². The molecule has 0 aromatic heterocycles. The third-order valence-electron chi connectivity index (χ3n) is 1.81. The van der Waals surface area contributed by atoms with Gasteiger partial charge >= 0.3 is 0 Å². The zero-order chi connectivity index (χ0) is 11.4. The molecule has 2 N–H and O–H groups in total.